The van der Waals surface area contributed by atoms with Gasteiger partial charge in [0.2, 0.25) is 0 Å². The van der Waals surface area contributed by atoms with Gasteiger partial charge in [0.1, 0.15) is 22.1 Å². The average molecular weight is 238 g/mol. The number of halogens is 2. The molecule has 0 amide bonds. The van der Waals surface area contributed by atoms with Crippen molar-refractivity contribution in [3.05, 3.63) is 41.1 Å². The van der Waals surface area contributed by atoms with Crippen LogP contribution in [0.4, 0.5) is 8.78 Å². The van der Waals surface area contributed by atoms with E-state index in [4.69, 9.17) is 18.0 Å². The van der Waals surface area contributed by atoms with Gasteiger partial charge in [0.25, 0.3) is 0 Å². The normalized spacial score (nSPS) is 10.7. The first kappa shape index (κ1) is 10.9. The quantitative estimate of drug-likeness (QED) is 0.776. The summed E-state index contributed by atoms with van der Waals surface area (Å²) in [5.41, 5.74) is 6.23. The molecule has 1 aromatic heterocycles. The number of fused-ring (bicyclic) bond motifs is 1. The van der Waals surface area contributed by atoms with Crippen molar-refractivity contribution >= 4 is 28.1 Å². The molecule has 1 aromatic carbocycles. The predicted octanol–water partition coefficient (Wildman–Crippen LogP) is 2.46. The molecule has 2 N–H and O–H groups in total. The number of pyridine rings is 1. The minimum atomic E-state index is -0.586. The molecule has 2 aromatic rings. The Kier molecular flexibility index (Phi) is 2.55. The average Bonchev–Trinajstić information content (AvgIpc) is 2.22. The lowest BCUT2D eigenvalue weighted by Crippen LogP contribution is -2.12. The summed E-state index contributed by atoms with van der Waals surface area (Å²) in [6, 6.07) is 3.66. The van der Waals surface area contributed by atoms with Crippen molar-refractivity contribution in [3.63, 3.8) is 0 Å². The Morgan fingerprint density at radius 3 is 2.56 bits per heavy atom. The topological polar surface area (TPSA) is 38.9 Å². The first-order chi connectivity index (χ1) is 7.50. The van der Waals surface area contributed by atoms with Crippen LogP contribution in [0.5, 0.6) is 0 Å². The second-order valence-electron chi connectivity index (χ2n) is 3.44. The standard InChI is InChI=1S/C11H8F2N2S/c1-5-4-8(11(14)16)15-10-7(13)3-2-6(12)9(5)10/h2-4H,1H3,(H2,14,16). The van der Waals surface area contributed by atoms with E-state index < -0.39 is 11.6 Å². The highest BCUT2D eigenvalue weighted by Crippen LogP contribution is 2.23. The van der Waals surface area contributed by atoms with Crippen LogP contribution in [0.2, 0.25) is 0 Å². The van der Waals surface area contributed by atoms with E-state index in [1.165, 1.54) is 0 Å². The van der Waals surface area contributed by atoms with Crippen LogP contribution in [-0.4, -0.2) is 9.97 Å². The van der Waals surface area contributed by atoms with E-state index in [1.54, 1.807) is 13.0 Å². The van der Waals surface area contributed by atoms with E-state index in [0.29, 0.717) is 11.3 Å². The van der Waals surface area contributed by atoms with Crippen molar-refractivity contribution in [2.75, 3.05) is 0 Å². The molecule has 5 heteroatoms. The molecule has 0 aliphatic rings. The number of nitrogens with zero attached hydrogens (tertiary/aromatic N) is 1. The smallest absolute Gasteiger partial charge is 0.149 e. The fourth-order valence-electron chi connectivity index (χ4n) is 1.58. The fourth-order valence-corrected chi connectivity index (χ4v) is 1.69. The van der Waals surface area contributed by atoms with Gasteiger partial charge in [-0.2, -0.15) is 0 Å². The molecule has 16 heavy (non-hydrogen) atoms. The first-order valence-electron chi connectivity index (χ1n) is 4.56. The van der Waals surface area contributed by atoms with E-state index in [1.807, 2.05) is 0 Å². The van der Waals surface area contributed by atoms with Crippen LogP contribution in [0, 0.1) is 18.6 Å². The van der Waals surface area contributed by atoms with E-state index in [0.717, 1.165) is 12.1 Å². The van der Waals surface area contributed by atoms with Gasteiger partial charge >= 0.3 is 0 Å². The monoisotopic (exact) mass is 238 g/mol. The molecule has 82 valence electrons. The van der Waals surface area contributed by atoms with Crippen LogP contribution in [0.1, 0.15) is 11.3 Å². The molecule has 0 unspecified atom stereocenters. The third kappa shape index (κ3) is 1.63. The molecule has 0 saturated heterocycles. The summed E-state index contributed by atoms with van der Waals surface area (Å²) in [5, 5.41) is 0.167. The molecule has 0 radical (unpaired) electrons. The highest BCUT2D eigenvalue weighted by Gasteiger charge is 2.12. The predicted molar refractivity (Wildman–Crippen MR) is 62.3 cm³/mol. The molecule has 2 rings (SSSR count). The first-order valence-corrected chi connectivity index (χ1v) is 4.96. The van der Waals surface area contributed by atoms with Crippen LogP contribution in [0.15, 0.2) is 18.2 Å². The second kappa shape index (κ2) is 3.75. The van der Waals surface area contributed by atoms with Gasteiger partial charge < -0.3 is 5.73 Å². The van der Waals surface area contributed by atoms with Crippen LogP contribution in [-0.2, 0) is 0 Å². The van der Waals surface area contributed by atoms with Gasteiger partial charge in [-0.15, -0.1) is 0 Å². The highest BCUT2D eigenvalue weighted by molar-refractivity contribution is 7.80. The molecule has 1 heterocycles. The zero-order valence-electron chi connectivity index (χ0n) is 8.42. The van der Waals surface area contributed by atoms with Crippen LogP contribution in [0.3, 0.4) is 0 Å². The molecule has 0 aliphatic heterocycles. The molecule has 0 aliphatic carbocycles. The maximum Gasteiger partial charge on any atom is 0.149 e. The molecule has 0 fully saturated rings. The number of aryl methyl sites for hydroxylation is 1. The van der Waals surface area contributed by atoms with E-state index in [-0.39, 0.29) is 15.9 Å². The number of hydrogen-bond donors (Lipinski definition) is 1. The van der Waals surface area contributed by atoms with Gasteiger partial charge in [-0.1, -0.05) is 12.2 Å². The Balaban J connectivity index is 2.92. The number of rotatable bonds is 1. The summed E-state index contributed by atoms with van der Waals surface area (Å²) < 4.78 is 27.0. The van der Waals surface area contributed by atoms with Gasteiger partial charge in [0.15, 0.2) is 0 Å². The number of aromatic nitrogens is 1. The van der Waals surface area contributed by atoms with Gasteiger partial charge in [0.05, 0.1) is 5.69 Å². The molecule has 0 spiro atoms. The zero-order valence-corrected chi connectivity index (χ0v) is 9.24. The van der Waals surface area contributed by atoms with Crippen LogP contribution < -0.4 is 5.73 Å². The SMILES string of the molecule is Cc1cc(C(N)=S)nc2c(F)ccc(F)c12. The summed E-state index contributed by atoms with van der Waals surface area (Å²) in [5.74, 6) is -1.09. The summed E-state index contributed by atoms with van der Waals surface area (Å²) in [4.78, 5) is 3.98. The van der Waals surface area contributed by atoms with Crippen molar-refractivity contribution in [1.29, 1.82) is 0 Å². The van der Waals surface area contributed by atoms with Crippen LogP contribution in [0.25, 0.3) is 10.9 Å². The van der Waals surface area contributed by atoms with E-state index >= 15 is 0 Å². The number of benzene rings is 1. The number of thiocarbonyl (C=S) groups is 1. The summed E-state index contributed by atoms with van der Waals surface area (Å²) in [6.45, 7) is 1.66. The number of hydrogen-bond acceptors (Lipinski definition) is 2. The minimum Gasteiger partial charge on any atom is -0.388 e. The Morgan fingerprint density at radius 1 is 1.31 bits per heavy atom. The van der Waals surface area contributed by atoms with Crippen molar-refractivity contribution < 1.29 is 8.78 Å². The highest BCUT2D eigenvalue weighted by atomic mass is 32.1. The maximum absolute atomic E-state index is 13.5. The molecular weight excluding hydrogens is 230 g/mol. The Bertz CT molecular complexity index is 596. The van der Waals surface area contributed by atoms with Crippen molar-refractivity contribution in [3.8, 4) is 0 Å². The number of nitrogens with two attached hydrogens (primary N) is 1. The van der Waals surface area contributed by atoms with Crippen molar-refractivity contribution in [2.24, 2.45) is 5.73 Å². The van der Waals surface area contributed by atoms with Gasteiger partial charge in [-0.05, 0) is 30.7 Å². The lowest BCUT2D eigenvalue weighted by Gasteiger charge is -2.06. The molecule has 0 atom stereocenters. The van der Waals surface area contributed by atoms with E-state index in [9.17, 15) is 8.78 Å². The fraction of sp³-hybridized carbons (Fsp3) is 0.0909. The lowest BCUT2D eigenvalue weighted by atomic mass is 10.1. The van der Waals surface area contributed by atoms with Crippen LogP contribution >= 0.6 is 12.2 Å². The molecule has 0 saturated carbocycles. The van der Waals surface area contributed by atoms with E-state index in [2.05, 4.69) is 4.98 Å². The summed E-state index contributed by atoms with van der Waals surface area (Å²) in [6.07, 6.45) is 0. The summed E-state index contributed by atoms with van der Waals surface area (Å²) in [7, 11) is 0. The van der Waals surface area contributed by atoms with Gasteiger partial charge in [-0.25, -0.2) is 13.8 Å². The Hall–Kier alpha value is -1.62. The maximum atomic E-state index is 13.5. The Morgan fingerprint density at radius 2 is 1.94 bits per heavy atom. The second-order valence-corrected chi connectivity index (χ2v) is 3.88. The third-order valence-electron chi connectivity index (χ3n) is 2.31. The third-order valence-corrected chi connectivity index (χ3v) is 2.52. The van der Waals surface area contributed by atoms with Gasteiger partial charge in [0, 0.05) is 5.39 Å². The lowest BCUT2D eigenvalue weighted by molar-refractivity contribution is 0.614. The largest absolute Gasteiger partial charge is 0.388 e. The van der Waals surface area contributed by atoms with Crippen molar-refractivity contribution in [2.45, 2.75) is 6.92 Å². The molecule has 2 nitrogen and oxygen atoms in total. The van der Waals surface area contributed by atoms with Gasteiger partial charge in [-0.3, -0.25) is 0 Å². The molecule has 0 bridgehead atoms. The molecular formula is C11H8F2N2S. The minimum absolute atomic E-state index is 0.0391. The summed E-state index contributed by atoms with van der Waals surface area (Å²) >= 11 is 4.76. The Labute approximate surface area is 96.1 Å². The van der Waals surface area contributed by atoms with Crippen molar-refractivity contribution in [1.82, 2.24) is 4.98 Å². The zero-order chi connectivity index (χ0) is 11.9.